The fourth-order valence-electron chi connectivity index (χ4n) is 3.69. The molecule has 0 bridgehead atoms. The average molecular weight is 286 g/mol. The van der Waals surface area contributed by atoms with Crippen molar-refractivity contribution in [2.45, 2.75) is 71.8 Å². The molecule has 0 N–H and O–H groups in total. The van der Waals surface area contributed by atoms with Crippen molar-refractivity contribution in [2.75, 3.05) is 5.88 Å². The zero-order chi connectivity index (χ0) is 14.7. The molecule has 1 aliphatic carbocycles. The second-order valence-electron chi connectivity index (χ2n) is 7.40. The van der Waals surface area contributed by atoms with E-state index in [1.807, 2.05) is 12.8 Å². The normalized spacial score (nSPS) is 18.4. The smallest absolute Gasteiger partial charge is 0.225 e. The first-order chi connectivity index (χ1) is 8.70. The minimum atomic E-state index is -0.132. The van der Waals surface area contributed by atoms with Crippen molar-refractivity contribution in [3.63, 3.8) is 0 Å². The van der Waals surface area contributed by atoms with Gasteiger partial charge in [-0.1, -0.05) is 33.1 Å². The molecule has 19 heavy (non-hydrogen) atoms. The lowest BCUT2D eigenvalue weighted by Gasteiger charge is -2.46. The van der Waals surface area contributed by atoms with Crippen LogP contribution in [0.4, 0.5) is 0 Å². The van der Waals surface area contributed by atoms with Gasteiger partial charge in [0.1, 0.15) is 5.88 Å². The molecule has 0 saturated heterocycles. The van der Waals surface area contributed by atoms with Gasteiger partial charge in [0.05, 0.1) is 0 Å². The van der Waals surface area contributed by atoms with Crippen LogP contribution in [0, 0.1) is 11.3 Å². The van der Waals surface area contributed by atoms with Gasteiger partial charge in [-0.05, 0) is 44.4 Å². The van der Waals surface area contributed by atoms with E-state index < -0.39 is 0 Å². The second-order valence-corrected chi connectivity index (χ2v) is 7.67. The lowest BCUT2D eigenvalue weighted by Crippen LogP contribution is -2.50. The predicted molar refractivity (Wildman–Crippen MR) is 85.2 cm³/mol. The lowest BCUT2D eigenvalue weighted by molar-refractivity contribution is -0.128. The number of halogens is 1. The van der Waals surface area contributed by atoms with Crippen LogP contribution in [0.15, 0.2) is 0 Å². The standard InChI is InChI=1S/C15H29BClNO/c1-14(2,12-8-6-5-7-9-12)11-15(3,4)18(16)13(19)10-17/h12H,5-11,16H2,1-4H3. The number of hydrogen-bond acceptors (Lipinski definition) is 1. The summed E-state index contributed by atoms with van der Waals surface area (Å²) < 4.78 is 0. The Balaban J connectivity index is 2.71. The molecule has 0 radical (unpaired) electrons. The van der Waals surface area contributed by atoms with Gasteiger partial charge in [-0.3, -0.25) is 4.79 Å². The highest BCUT2D eigenvalue weighted by atomic mass is 35.5. The Morgan fingerprint density at radius 3 is 2.21 bits per heavy atom. The van der Waals surface area contributed by atoms with E-state index in [1.54, 1.807) is 0 Å². The van der Waals surface area contributed by atoms with Crippen molar-refractivity contribution in [1.82, 2.24) is 4.81 Å². The van der Waals surface area contributed by atoms with Crippen molar-refractivity contribution in [1.29, 1.82) is 0 Å². The summed E-state index contributed by atoms with van der Waals surface area (Å²) in [5.41, 5.74) is 0.150. The molecule has 0 aromatic rings. The highest BCUT2D eigenvalue weighted by molar-refractivity contribution is 6.30. The molecule has 4 heteroatoms. The van der Waals surface area contributed by atoms with Crippen LogP contribution in [0.5, 0.6) is 0 Å². The van der Waals surface area contributed by atoms with Crippen LogP contribution in [0.25, 0.3) is 0 Å². The third-order valence-corrected chi connectivity index (χ3v) is 5.22. The summed E-state index contributed by atoms with van der Waals surface area (Å²) in [5.74, 6) is 0.884. The van der Waals surface area contributed by atoms with Crippen LogP contribution in [-0.4, -0.2) is 30.1 Å². The fraction of sp³-hybridized carbons (Fsp3) is 0.933. The minimum Gasteiger partial charge on any atom is -0.388 e. The molecule has 110 valence electrons. The molecule has 0 aliphatic heterocycles. The van der Waals surface area contributed by atoms with Crippen molar-refractivity contribution in [2.24, 2.45) is 11.3 Å². The average Bonchev–Trinajstić information content (AvgIpc) is 2.36. The molecule has 0 atom stereocenters. The fourth-order valence-corrected chi connectivity index (χ4v) is 3.87. The van der Waals surface area contributed by atoms with E-state index in [4.69, 9.17) is 11.6 Å². The second kappa shape index (κ2) is 6.52. The number of carbonyl (C=O) groups is 1. The topological polar surface area (TPSA) is 20.3 Å². The van der Waals surface area contributed by atoms with Crippen molar-refractivity contribution in [3.8, 4) is 0 Å². The van der Waals surface area contributed by atoms with Crippen LogP contribution >= 0.6 is 11.6 Å². The van der Waals surface area contributed by atoms with Crippen LogP contribution in [-0.2, 0) is 4.79 Å². The van der Waals surface area contributed by atoms with E-state index in [0.717, 1.165) is 12.3 Å². The van der Waals surface area contributed by atoms with Crippen molar-refractivity contribution < 1.29 is 4.79 Å². The molecular formula is C15H29BClNO. The first-order valence-electron chi connectivity index (χ1n) is 7.53. The van der Waals surface area contributed by atoms with Crippen LogP contribution in [0.1, 0.15) is 66.2 Å². The Hall–Kier alpha value is -0.175. The number of hydrogen-bond donors (Lipinski definition) is 0. The van der Waals surface area contributed by atoms with Gasteiger partial charge in [-0.15, -0.1) is 11.6 Å². The van der Waals surface area contributed by atoms with E-state index in [9.17, 15) is 4.79 Å². The maximum Gasteiger partial charge on any atom is 0.225 e. The highest BCUT2D eigenvalue weighted by Crippen LogP contribution is 2.44. The first-order valence-corrected chi connectivity index (χ1v) is 8.07. The molecule has 0 aromatic heterocycles. The van der Waals surface area contributed by atoms with E-state index in [2.05, 4.69) is 27.7 Å². The van der Waals surface area contributed by atoms with Crippen LogP contribution < -0.4 is 0 Å². The van der Waals surface area contributed by atoms with Gasteiger partial charge in [-0.25, -0.2) is 0 Å². The van der Waals surface area contributed by atoms with Gasteiger partial charge >= 0.3 is 0 Å². The van der Waals surface area contributed by atoms with E-state index in [0.29, 0.717) is 0 Å². The third-order valence-electron chi connectivity index (χ3n) is 4.99. The number of amides is 1. The summed E-state index contributed by atoms with van der Waals surface area (Å²) in [6.07, 6.45) is 7.84. The summed E-state index contributed by atoms with van der Waals surface area (Å²) in [6.45, 7) is 9.04. The zero-order valence-electron chi connectivity index (χ0n) is 13.3. The molecular weight excluding hydrogens is 256 g/mol. The predicted octanol–water partition coefficient (Wildman–Crippen LogP) is 3.38. The van der Waals surface area contributed by atoms with Gasteiger partial charge in [0.25, 0.3) is 0 Å². The Morgan fingerprint density at radius 2 is 1.74 bits per heavy atom. The Kier molecular flexibility index (Phi) is 5.79. The maximum absolute atomic E-state index is 11.8. The lowest BCUT2D eigenvalue weighted by atomic mass is 9.65. The molecule has 1 amide bonds. The molecule has 1 saturated carbocycles. The van der Waals surface area contributed by atoms with Crippen LogP contribution in [0.3, 0.4) is 0 Å². The molecule has 0 heterocycles. The summed E-state index contributed by atoms with van der Waals surface area (Å²) in [4.78, 5) is 13.6. The number of rotatable bonds is 5. The maximum atomic E-state index is 11.8. The minimum absolute atomic E-state index is 0.0195. The monoisotopic (exact) mass is 285 g/mol. The van der Waals surface area contributed by atoms with E-state index in [1.165, 1.54) is 32.1 Å². The third kappa shape index (κ3) is 4.41. The van der Waals surface area contributed by atoms with Crippen LogP contribution in [0.2, 0.25) is 0 Å². The van der Waals surface area contributed by atoms with Gasteiger partial charge in [0, 0.05) is 5.54 Å². The first kappa shape index (κ1) is 16.9. The molecule has 1 aliphatic rings. The quantitative estimate of drug-likeness (QED) is 0.560. The molecule has 0 unspecified atom stereocenters. The van der Waals surface area contributed by atoms with Gasteiger partial charge in [0.2, 0.25) is 13.9 Å². The zero-order valence-corrected chi connectivity index (χ0v) is 14.0. The molecule has 2 nitrogen and oxygen atoms in total. The molecule has 0 aromatic carbocycles. The van der Waals surface area contributed by atoms with E-state index >= 15 is 0 Å². The van der Waals surface area contributed by atoms with Gasteiger partial charge < -0.3 is 4.81 Å². The number of nitrogens with zero attached hydrogens (tertiary/aromatic N) is 1. The number of carbonyl (C=O) groups excluding carboxylic acids is 1. The Bertz CT molecular complexity index is 311. The summed E-state index contributed by atoms with van der Waals surface area (Å²) in [7, 11) is 1.88. The summed E-state index contributed by atoms with van der Waals surface area (Å²) in [5, 5.41) is 0. The largest absolute Gasteiger partial charge is 0.388 e. The van der Waals surface area contributed by atoms with Crippen molar-refractivity contribution >= 4 is 25.5 Å². The number of alkyl halides is 1. The van der Waals surface area contributed by atoms with E-state index in [-0.39, 0.29) is 22.7 Å². The molecule has 0 spiro atoms. The van der Waals surface area contributed by atoms with Gasteiger partial charge in [0.15, 0.2) is 0 Å². The summed E-state index contributed by atoms with van der Waals surface area (Å²) in [6, 6.07) is 0. The molecule has 1 rings (SSSR count). The Labute approximate surface area is 124 Å². The van der Waals surface area contributed by atoms with Gasteiger partial charge in [-0.2, -0.15) is 0 Å². The van der Waals surface area contributed by atoms with Crippen molar-refractivity contribution in [3.05, 3.63) is 0 Å². The summed E-state index contributed by atoms with van der Waals surface area (Å²) >= 11 is 5.68. The highest BCUT2D eigenvalue weighted by Gasteiger charge is 2.38. The Morgan fingerprint density at radius 1 is 1.21 bits per heavy atom. The SMILES string of the molecule is BN(C(=O)CCl)C(C)(C)CC(C)(C)C1CCCCC1. The molecule has 1 fully saturated rings.